The van der Waals surface area contributed by atoms with E-state index < -0.39 is 12.1 Å². The number of hydrogen-bond donors (Lipinski definition) is 3. The highest BCUT2D eigenvalue weighted by Crippen LogP contribution is 2.15. The van der Waals surface area contributed by atoms with Crippen LogP contribution >= 0.6 is 0 Å². The van der Waals surface area contributed by atoms with E-state index >= 15 is 0 Å². The summed E-state index contributed by atoms with van der Waals surface area (Å²) in [5, 5.41) is 22.9. The molecule has 6 heteroatoms. The number of allylic oxidation sites excluding steroid dienone is 3. The molecule has 0 aliphatic rings. The van der Waals surface area contributed by atoms with Crippen molar-refractivity contribution >= 4 is 11.9 Å². The number of rotatable bonds is 46. The topological polar surface area (TPSA) is 95.9 Å². The summed E-state index contributed by atoms with van der Waals surface area (Å²) in [5.41, 5.74) is 0. The molecule has 336 valence electrons. The van der Waals surface area contributed by atoms with E-state index in [0.717, 1.165) is 57.8 Å². The van der Waals surface area contributed by atoms with Crippen molar-refractivity contribution in [1.82, 2.24) is 5.32 Å². The Kier molecular flexibility index (Phi) is 45.7. The van der Waals surface area contributed by atoms with Crippen LogP contribution in [0.3, 0.4) is 0 Å². The third kappa shape index (κ3) is 43.7. The molecular weight excluding hydrogens is 707 g/mol. The fourth-order valence-electron chi connectivity index (χ4n) is 7.57. The molecule has 0 radical (unpaired) electrons. The summed E-state index contributed by atoms with van der Waals surface area (Å²) in [6, 6.07) is -0.634. The molecule has 0 rings (SSSR count). The number of esters is 1. The highest BCUT2D eigenvalue weighted by atomic mass is 16.5. The van der Waals surface area contributed by atoms with Gasteiger partial charge in [0.15, 0.2) is 0 Å². The van der Waals surface area contributed by atoms with Crippen molar-refractivity contribution in [1.29, 1.82) is 0 Å². The van der Waals surface area contributed by atoms with Crippen LogP contribution in [0.25, 0.3) is 0 Å². The maximum atomic E-state index is 12.4. The maximum Gasteiger partial charge on any atom is 0.305 e. The Morgan fingerprint density at radius 2 is 0.825 bits per heavy atom. The van der Waals surface area contributed by atoms with E-state index in [9.17, 15) is 19.8 Å². The molecule has 0 aromatic rings. The molecule has 57 heavy (non-hydrogen) atoms. The van der Waals surface area contributed by atoms with Crippen molar-refractivity contribution in [3.05, 3.63) is 24.3 Å². The van der Waals surface area contributed by atoms with Crippen LogP contribution in [0.4, 0.5) is 0 Å². The number of aliphatic hydroxyl groups excluding tert-OH is 2. The van der Waals surface area contributed by atoms with Crippen LogP contribution in [-0.2, 0) is 14.3 Å². The summed E-state index contributed by atoms with van der Waals surface area (Å²) in [6.45, 7) is 4.85. The molecule has 0 saturated carbocycles. The van der Waals surface area contributed by atoms with Crippen molar-refractivity contribution in [3.63, 3.8) is 0 Å². The first kappa shape index (κ1) is 55.3. The van der Waals surface area contributed by atoms with E-state index in [4.69, 9.17) is 4.74 Å². The first-order chi connectivity index (χ1) is 28.0. The summed E-state index contributed by atoms with van der Waals surface area (Å²) in [5.74, 6) is -0.0923. The van der Waals surface area contributed by atoms with Crippen molar-refractivity contribution in [3.8, 4) is 0 Å². The fourth-order valence-corrected chi connectivity index (χ4v) is 7.57. The van der Waals surface area contributed by atoms with Gasteiger partial charge in [-0.05, 0) is 57.8 Å². The summed E-state index contributed by atoms with van der Waals surface area (Å²) in [7, 11) is 0. The zero-order valence-corrected chi connectivity index (χ0v) is 38.1. The highest BCUT2D eigenvalue weighted by Gasteiger charge is 2.18. The standard InChI is InChI=1S/C51H97NO5/c1-3-5-7-9-11-13-15-16-17-21-25-29-33-37-41-45-51(56)57-46-42-38-34-30-26-22-19-18-20-24-28-32-36-40-44-50(55)52-48(47-53)49(54)43-39-35-31-27-23-14-12-10-8-6-4-2/h16-17,39,43,48-49,53-54H,3-15,18-38,40-42,44-47H2,1-2H3,(H,52,55)/b17-16-,43-39+. The molecule has 0 fully saturated rings. The van der Waals surface area contributed by atoms with Crippen LogP contribution < -0.4 is 5.32 Å². The minimum atomic E-state index is -0.849. The Hall–Kier alpha value is -1.66. The van der Waals surface area contributed by atoms with Gasteiger partial charge in [-0.25, -0.2) is 0 Å². The molecule has 0 aliphatic carbocycles. The normalized spacial score (nSPS) is 12.8. The minimum Gasteiger partial charge on any atom is -0.466 e. The lowest BCUT2D eigenvalue weighted by Crippen LogP contribution is -2.45. The maximum absolute atomic E-state index is 12.4. The minimum absolute atomic E-state index is 0.0119. The zero-order valence-electron chi connectivity index (χ0n) is 38.1. The molecule has 2 unspecified atom stereocenters. The number of unbranched alkanes of at least 4 members (excludes halogenated alkanes) is 33. The molecule has 0 aliphatic heterocycles. The summed E-state index contributed by atoms with van der Waals surface area (Å²) >= 11 is 0. The fraction of sp³-hybridized carbons (Fsp3) is 0.882. The Bertz CT molecular complexity index is 889. The van der Waals surface area contributed by atoms with Crippen molar-refractivity contribution in [2.75, 3.05) is 13.2 Å². The largest absolute Gasteiger partial charge is 0.466 e. The molecule has 0 saturated heterocycles. The van der Waals surface area contributed by atoms with Gasteiger partial charge in [-0.3, -0.25) is 9.59 Å². The number of carbonyl (C=O) groups is 2. The van der Waals surface area contributed by atoms with Gasteiger partial charge in [0.1, 0.15) is 0 Å². The van der Waals surface area contributed by atoms with E-state index in [-0.39, 0.29) is 18.5 Å². The van der Waals surface area contributed by atoms with Crippen LogP contribution in [-0.4, -0.2) is 47.4 Å². The van der Waals surface area contributed by atoms with E-state index in [0.29, 0.717) is 19.4 Å². The average molecular weight is 804 g/mol. The predicted molar refractivity (Wildman–Crippen MR) is 246 cm³/mol. The number of aliphatic hydroxyl groups is 2. The van der Waals surface area contributed by atoms with Crippen LogP contribution in [0.5, 0.6) is 0 Å². The zero-order chi connectivity index (χ0) is 41.5. The van der Waals surface area contributed by atoms with Gasteiger partial charge in [0.05, 0.1) is 25.4 Å². The third-order valence-corrected chi connectivity index (χ3v) is 11.5. The van der Waals surface area contributed by atoms with Crippen molar-refractivity contribution in [2.45, 2.75) is 276 Å². The Balaban J connectivity index is 3.46. The lowest BCUT2D eigenvalue weighted by Gasteiger charge is -2.20. The van der Waals surface area contributed by atoms with E-state index in [2.05, 4.69) is 31.3 Å². The molecule has 6 nitrogen and oxygen atoms in total. The van der Waals surface area contributed by atoms with Crippen LogP contribution in [0.1, 0.15) is 264 Å². The lowest BCUT2D eigenvalue weighted by molar-refractivity contribution is -0.143. The molecular formula is C51H97NO5. The number of ether oxygens (including phenoxy) is 1. The monoisotopic (exact) mass is 804 g/mol. The Labute approximate surface area is 354 Å². The molecule has 1 amide bonds. The van der Waals surface area contributed by atoms with Gasteiger partial charge in [-0.15, -0.1) is 0 Å². The molecule has 0 aromatic heterocycles. The second-order valence-corrected chi connectivity index (χ2v) is 17.1. The number of carbonyl (C=O) groups excluding carboxylic acids is 2. The SMILES string of the molecule is CCCCCCCC/C=C\CCCCCCCC(=O)OCCCCCCCCCCCCCCCCC(=O)NC(CO)C(O)/C=C/CCCCCCCCCCC. The smallest absolute Gasteiger partial charge is 0.305 e. The quantitative estimate of drug-likeness (QED) is 0.0324. The highest BCUT2D eigenvalue weighted by molar-refractivity contribution is 5.76. The number of hydrogen-bond acceptors (Lipinski definition) is 5. The second kappa shape index (κ2) is 47.0. The van der Waals surface area contributed by atoms with Crippen molar-refractivity contribution < 1.29 is 24.5 Å². The lowest BCUT2D eigenvalue weighted by atomic mass is 10.0. The first-order valence-corrected chi connectivity index (χ1v) is 25.1. The number of nitrogens with one attached hydrogen (secondary N) is 1. The average Bonchev–Trinajstić information content (AvgIpc) is 3.21. The summed E-state index contributed by atoms with van der Waals surface area (Å²) in [6.07, 6.45) is 54.6. The summed E-state index contributed by atoms with van der Waals surface area (Å²) in [4.78, 5) is 24.4. The van der Waals surface area contributed by atoms with Gasteiger partial charge in [0.2, 0.25) is 5.91 Å². The van der Waals surface area contributed by atoms with Gasteiger partial charge in [0, 0.05) is 12.8 Å². The van der Waals surface area contributed by atoms with Crippen LogP contribution in [0, 0.1) is 0 Å². The van der Waals surface area contributed by atoms with E-state index in [1.165, 1.54) is 180 Å². The molecule has 3 N–H and O–H groups in total. The van der Waals surface area contributed by atoms with Gasteiger partial charge in [0.25, 0.3) is 0 Å². The predicted octanol–water partition coefficient (Wildman–Crippen LogP) is 14.7. The summed E-state index contributed by atoms with van der Waals surface area (Å²) < 4.78 is 5.46. The van der Waals surface area contributed by atoms with Gasteiger partial charge in [-0.2, -0.15) is 0 Å². The van der Waals surface area contributed by atoms with Gasteiger partial charge < -0.3 is 20.3 Å². The van der Waals surface area contributed by atoms with E-state index in [1.54, 1.807) is 6.08 Å². The van der Waals surface area contributed by atoms with Crippen LogP contribution in [0.2, 0.25) is 0 Å². The van der Waals surface area contributed by atoms with Crippen molar-refractivity contribution in [2.24, 2.45) is 0 Å². The van der Waals surface area contributed by atoms with Gasteiger partial charge in [-0.1, -0.05) is 218 Å². The third-order valence-electron chi connectivity index (χ3n) is 11.5. The molecule has 0 bridgehead atoms. The first-order valence-electron chi connectivity index (χ1n) is 25.1. The van der Waals surface area contributed by atoms with E-state index in [1.807, 2.05) is 6.08 Å². The Morgan fingerprint density at radius 1 is 0.474 bits per heavy atom. The Morgan fingerprint density at radius 3 is 1.25 bits per heavy atom. The number of amides is 1. The van der Waals surface area contributed by atoms with Gasteiger partial charge >= 0.3 is 5.97 Å². The second-order valence-electron chi connectivity index (χ2n) is 17.1. The van der Waals surface area contributed by atoms with Crippen LogP contribution in [0.15, 0.2) is 24.3 Å². The molecule has 2 atom stereocenters. The molecule has 0 heterocycles. The molecule has 0 aromatic carbocycles. The molecule has 0 spiro atoms.